The highest BCUT2D eigenvalue weighted by Gasteiger charge is 2.21. The van der Waals surface area contributed by atoms with Gasteiger partial charge in [0.25, 0.3) is 0 Å². The second-order valence-electron chi connectivity index (χ2n) is 6.43. The van der Waals surface area contributed by atoms with Crippen molar-refractivity contribution in [3.8, 4) is 5.75 Å². The average molecular weight is 327 g/mol. The number of ether oxygens (including phenoxy) is 1. The second kappa shape index (κ2) is 6.86. The molecule has 0 unspecified atom stereocenters. The minimum Gasteiger partial charge on any atom is -0.458 e. The summed E-state index contributed by atoms with van der Waals surface area (Å²) in [5.74, 6) is 1.89. The summed E-state index contributed by atoms with van der Waals surface area (Å²) < 4.78 is 6.15. The van der Waals surface area contributed by atoms with Crippen molar-refractivity contribution in [3.63, 3.8) is 0 Å². The van der Waals surface area contributed by atoms with Gasteiger partial charge in [0.05, 0.1) is 12.2 Å². The minimum atomic E-state index is 0.764. The third kappa shape index (κ3) is 3.58. The zero-order chi connectivity index (χ0) is 17.1. The van der Waals surface area contributed by atoms with Crippen molar-refractivity contribution in [2.45, 2.75) is 13.5 Å². The van der Waals surface area contributed by atoms with Crippen LogP contribution >= 0.6 is 0 Å². The second-order valence-corrected chi connectivity index (χ2v) is 6.43. The lowest BCUT2D eigenvalue weighted by atomic mass is 10.1. The van der Waals surface area contributed by atoms with Gasteiger partial charge in [-0.05, 0) is 36.3 Å². The van der Waals surface area contributed by atoms with Crippen LogP contribution in [0.4, 0.5) is 5.69 Å². The maximum atomic E-state index is 6.15. The summed E-state index contributed by atoms with van der Waals surface area (Å²) in [7, 11) is 0. The molecule has 0 N–H and O–H groups in total. The molecular weight excluding hydrogens is 306 g/mol. The van der Waals surface area contributed by atoms with Crippen LogP contribution in [0.15, 0.2) is 84.6 Å². The number of benzene rings is 3. The summed E-state index contributed by atoms with van der Waals surface area (Å²) in [6, 6.07) is 27.3. The SMILES string of the molecule is Cc1ccc(/C=C2/CN(Cc3ccccc3)c3ccccc3O2)cc1. The van der Waals surface area contributed by atoms with E-state index in [0.29, 0.717) is 0 Å². The number of anilines is 1. The molecule has 3 aromatic rings. The Bertz CT molecular complexity index is 881. The molecule has 0 spiro atoms. The van der Waals surface area contributed by atoms with E-state index >= 15 is 0 Å². The molecule has 25 heavy (non-hydrogen) atoms. The number of hydrogen-bond donors (Lipinski definition) is 0. The number of nitrogens with zero attached hydrogens (tertiary/aromatic N) is 1. The summed E-state index contributed by atoms with van der Waals surface area (Å²) in [6.45, 7) is 3.73. The molecule has 1 heterocycles. The zero-order valence-electron chi connectivity index (χ0n) is 14.4. The third-order valence-corrected chi connectivity index (χ3v) is 4.41. The summed E-state index contributed by atoms with van der Waals surface area (Å²) in [4.78, 5) is 2.37. The molecule has 124 valence electrons. The van der Waals surface area contributed by atoms with Gasteiger partial charge in [-0.15, -0.1) is 0 Å². The third-order valence-electron chi connectivity index (χ3n) is 4.41. The molecule has 4 rings (SSSR count). The van der Waals surface area contributed by atoms with Gasteiger partial charge >= 0.3 is 0 Å². The Morgan fingerprint density at radius 3 is 2.40 bits per heavy atom. The highest BCUT2D eigenvalue weighted by Crippen LogP contribution is 2.35. The van der Waals surface area contributed by atoms with E-state index in [0.717, 1.165) is 30.3 Å². The summed E-state index contributed by atoms with van der Waals surface area (Å²) >= 11 is 0. The Morgan fingerprint density at radius 1 is 0.880 bits per heavy atom. The van der Waals surface area contributed by atoms with Gasteiger partial charge in [-0.3, -0.25) is 0 Å². The van der Waals surface area contributed by atoms with Crippen LogP contribution in [-0.4, -0.2) is 6.54 Å². The highest BCUT2D eigenvalue weighted by atomic mass is 16.5. The Balaban J connectivity index is 1.65. The molecule has 0 fully saturated rings. The highest BCUT2D eigenvalue weighted by molar-refractivity contribution is 5.65. The van der Waals surface area contributed by atoms with Crippen molar-refractivity contribution in [2.24, 2.45) is 0 Å². The Kier molecular flexibility index (Phi) is 4.26. The number of fused-ring (bicyclic) bond motifs is 1. The monoisotopic (exact) mass is 327 g/mol. The van der Waals surface area contributed by atoms with Crippen LogP contribution in [0.3, 0.4) is 0 Å². The first-order valence-electron chi connectivity index (χ1n) is 8.61. The van der Waals surface area contributed by atoms with Gasteiger partial charge in [-0.25, -0.2) is 0 Å². The Hall–Kier alpha value is -3.00. The van der Waals surface area contributed by atoms with E-state index in [9.17, 15) is 0 Å². The predicted molar refractivity (Wildman–Crippen MR) is 104 cm³/mol. The summed E-state index contributed by atoms with van der Waals surface area (Å²) in [5, 5.41) is 0. The zero-order valence-corrected chi connectivity index (χ0v) is 14.4. The van der Waals surface area contributed by atoms with Crippen LogP contribution in [0, 0.1) is 6.92 Å². The number of aryl methyl sites for hydroxylation is 1. The van der Waals surface area contributed by atoms with Crippen molar-refractivity contribution in [2.75, 3.05) is 11.4 Å². The lowest BCUT2D eigenvalue weighted by molar-refractivity contribution is 0.399. The molecule has 0 bridgehead atoms. The van der Waals surface area contributed by atoms with E-state index in [1.165, 1.54) is 16.7 Å². The van der Waals surface area contributed by atoms with Gasteiger partial charge in [0.2, 0.25) is 0 Å². The molecule has 0 radical (unpaired) electrons. The quantitative estimate of drug-likeness (QED) is 0.635. The maximum Gasteiger partial charge on any atom is 0.150 e. The largest absolute Gasteiger partial charge is 0.458 e. The van der Waals surface area contributed by atoms with Gasteiger partial charge in [0, 0.05) is 6.54 Å². The lowest BCUT2D eigenvalue weighted by Crippen LogP contribution is -2.30. The Morgan fingerprint density at radius 2 is 1.60 bits per heavy atom. The van der Waals surface area contributed by atoms with E-state index < -0.39 is 0 Å². The molecule has 2 nitrogen and oxygen atoms in total. The fourth-order valence-corrected chi connectivity index (χ4v) is 3.12. The molecule has 0 saturated heterocycles. The molecule has 0 amide bonds. The van der Waals surface area contributed by atoms with E-state index in [2.05, 4.69) is 84.6 Å². The standard InChI is InChI=1S/C23H21NO/c1-18-11-13-19(14-12-18)15-21-17-24(16-20-7-3-2-4-8-20)22-9-5-6-10-23(22)25-21/h2-15H,16-17H2,1H3/b21-15-. The van der Waals surface area contributed by atoms with Gasteiger partial charge in [0.1, 0.15) is 11.5 Å². The van der Waals surface area contributed by atoms with Crippen LogP contribution in [0.5, 0.6) is 5.75 Å². The van der Waals surface area contributed by atoms with Crippen molar-refractivity contribution >= 4 is 11.8 Å². The first-order chi connectivity index (χ1) is 12.3. The van der Waals surface area contributed by atoms with E-state index in [4.69, 9.17) is 4.74 Å². The van der Waals surface area contributed by atoms with Crippen molar-refractivity contribution < 1.29 is 4.74 Å². The van der Waals surface area contributed by atoms with E-state index in [1.54, 1.807) is 0 Å². The Labute approximate surface area is 149 Å². The summed E-state index contributed by atoms with van der Waals surface area (Å²) in [5.41, 5.74) is 4.88. The molecule has 1 aliphatic heterocycles. The van der Waals surface area contributed by atoms with Gasteiger partial charge in [0.15, 0.2) is 0 Å². The number of para-hydroxylation sites is 2. The fraction of sp³-hybridized carbons (Fsp3) is 0.130. The van der Waals surface area contributed by atoms with Crippen LogP contribution in [0.1, 0.15) is 16.7 Å². The molecule has 3 aromatic carbocycles. The van der Waals surface area contributed by atoms with Crippen LogP contribution < -0.4 is 9.64 Å². The first kappa shape index (κ1) is 15.5. The molecule has 1 aliphatic rings. The summed E-state index contributed by atoms with van der Waals surface area (Å²) in [6.07, 6.45) is 2.13. The van der Waals surface area contributed by atoms with Crippen LogP contribution in [0.25, 0.3) is 6.08 Å². The molecule has 0 atom stereocenters. The van der Waals surface area contributed by atoms with Crippen molar-refractivity contribution in [3.05, 3.63) is 101 Å². The molecular formula is C23H21NO. The molecule has 0 aromatic heterocycles. The minimum absolute atomic E-state index is 0.764. The average Bonchev–Trinajstić information content (AvgIpc) is 2.65. The number of rotatable bonds is 3. The maximum absolute atomic E-state index is 6.15. The smallest absolute Gasteiger partial charge is 0.150 e. The van der Waals surface area contributed by atoms with Gasteiger partial charge < -0.3 is 9.64 Å². The lowest BCUT2D eigenvalue weighted by Gasteiger charge is -2.32. The number of hydrogen-bond acceptors (Lipinski definition) is 2. The van der Waals surface area contributed by atoms with Crippen molar-refractivity contribution in [1.29, 1.82) is 0 Å². The van der Waals surface area contributed by atoms with Crippen LogP contribution in [-0.2, 0) is 6.54 Å². The van der Waals surface area contributed by atoms with E-state index in [1.807, 2.05) is 12.1 Å². The molecule has 2 heteroatoms. The topological polar surface area (TPSA) is 12.5 Å². The van der Waals surface area contributed by atoms with Crippen LogP contribution in [0.2, 0.25) is 0 Å². The van der Waals surface area contributed by atoms with Gasteiger partial charge in [-0.1, -0.05) is 72.3 Å². The first-order valence-corrected chi connectivity index (χ1v) is 8.61. The van der Waals surface area contributed by atoms with Crippen molar-refractivity contribution in [1.82, 2.24) is 0 Å². The molecule has 0 saturated carbocycles. The van der Waals surface area contributed by atoms with Gasteiger partial charge in [-0.2, -0.15) is 0 Å². The predicted octanol–water partition coefficient (Wildman–Crippen LogP) is 5.44. The normalized spacial score (nSPS) is 14.9. The molecule has 0 aliphatic carbocycles. The van der Waals surface area contributed by atoms with E-state index in [-0.39, 0.29) is 0 Å². The fourth-order valence-electron chi connectivity index (χ4n) is 3.12.